The zero-order valence-corrected chi connectivity index (χ0v) is 13.6. The fraction of sp³-hybridized carbons (Fsp3) is 0.647. The van der Waals surface area contributed by atoms with Crippen molar-refractivity contribution in [3.8, 4) is 0 Å². The fourth-order valence-corrected chi connectivity index (χ4v) is 3.23. The van der Waals surface area contributed by atoms with Crippen molar-refractivity contribution < 1.29 is 18.9 Å². The maximum Gasteiger partial charge on any atom is 0.187 e. The summed E-state index contributed by atoms with van der Waals surface area (Å²) < 4.78 is 24.1. The molecule has 3 unspecified atom stereocenters. The molecule has 0 saturated carbocycles. The van der Waals surface area contributed by atoms with Gasteiger partial charge in [0.15, 0.2) is 12.1 Å². The molecular weight excluding hydrogens is 282 g/mol. The Kier molecular flexibility index (Phi) is 4.52. The van der Waals surface area contributed by atoms with Crippen LogP contribution in [-0.2, 0) is 25.6 Å². The number of hydrogen-bond acceptors (Lipinski definition) is 5. The van der Waals surface area contributed by atoms with E-state index in [9.17, 15) is 0 Å². The van der Waals surface area contributed by atoms with Gasteiger partial charge in [0.05, 0.1) is 18.8 Å². The van der Waals surface area contributed by atoms with Gasteiger partial charge in [0.1, 0.15) is 12.2 Å². The van der Waals surface area contributed by atoms with Crippen LogP contribution in [0.4, 0.5) is 0 Å². The minimum Gasteiger partial charge on any atom is -0.345 e. The molecule has 3 rings (SSSR count). The number of hydrogen-bond donors (Lipinski definition) is 1. The van der Waals surface area contributed by atoms with Crippen LogP contribution >= 0.6 is 0 Å². The summed E-state index contributed by atoms with van der Waals surface area (Å²) in [4.78, 5) is 0. The molecule has 1 aromatic rings. The minimum absolute atomic E-state index is 0.00970. The molecule has 2 aliphatic rings. The van der Waals surface area contributed by atoms with Crippen molar-refractivity contribution >= 4 is 0 Å². The predicted octanol–water partition coefficient (Wildman–Crippen LogP) is 2.06. The SMILES string of the molecule is CNC1C2OC(C)(C)OC2[C@@H](OCc2ccccc2)O[C@H]1C. The van der Waals surface area contributed by atoms with Crippen LogP contribution in [0.25, 0.3) is 0 Å². The maximum absolute atomic E-state index is 6.06. The molecule has 2 fully saturated rings. The lowest BCUT2D eigenvalue weighted by Gasteiger charge is -2.40. The standard InChI is InChI=1S/C17H25NO4/c1-11-13(18-4)14-15(22-17(2,3)21-14)16(20-11)19-10-12-8-6-5-7-9-12/h5-9,11,13-16,18H,10H2,1-4H3/t11-,13?,14?,15?,16-/m0/s1. The van der Waals surface area contributed by atoms with Gasteiger partial charge in [-0.3, -0.25) is 0 Å². The monoisotopic (exact) mass is 307 g/mol. The van der Waals surface area contributed by atoms with Crippen molar-refractivity contribution in [2.75, 3.05) is 7.05 Å². The van der Waals surface area contributed by atoms with Crippen molar-refractivity contribution in [2.45, 2.75) is 63.8 Å². The first-order valence-corrected chi connectivity index (χ1v) is 7.84. The number of rotatable bonds is 4. The van der Waals surface area contributed by atoms with Crippen molar-refractivity contribution in [2.24, 2.45) is 0 Å². The summed E-state index contributed by atoms with van der Waals surface area (Å²) in [6, 6.07) is 10.2. The highest BCUT2D eigenvalue weighted by Gasteiger charge is 2.54. The Morgan fingerprint density at radius 2 is 1.82 bits per heavy atom. The van der Waals surface area contributed by atoms with E-state index < -0.39 is 12.1 Å². The van der Waals surface area contributed by atoms with Crippen molar-refractivity contribution in [3.05, 3.63) is 35.9 Å². The van der Waals surface area contributed by atoms with E-state index in [4.69, 9.17) is 18.9 Å². The second kappa shape index (κ2) is 6.26. The first-order valence-electron chi connectivity index (χ1n) is 7.84. The molecular formula is C17H25NO4. The smallest absolute Gasteiger partial charge is 0.187 e. The van der Waals surface area contributed by atoms with E-state index in [-0.39, 0.29) is 24.4 Å². The molecule has 122 valence electrons. The molecule has 1 aromatic carbocycles. The van der Waals surface area contributed by atoms with Crippen molar-refractivity contribution in [1.29, 1.82) is 0 Å². The first kappa shape index (κ1) is 15.9. The van der Waals surface area contributed by atoms with Gasteiger partial charge in [-0.15, -0.1) is 0 Å². The molecule has 0 aromatic heterocycles. The molecule has 1 N–H and O–H groups in total. The third-order valence-corrected chi connectivity index (χ3v) is 4.23. The van der Waals surface area contributed by atoms with Gasteiger partial charge in [-0.05, 0) is 33.4 Å². The van der Waals surface area contributed by atoms with Crippen molar-refractivity contribution in [3.63, 3.8) is 0 Å². The second-order valence-electron chi connectivity index (χ2n) is 6.39. The Bertz CT molecular complexity index is 493. The fourth-order valence-electron chi connectivity index (χ4n) is 3.23. The lowest BCUT2D eigenvalue weighted by atomic mass is 9.97. The Labute approximate surface area is 131 Å². The molecule has 0 aliphatic carbocycles. The summed E-state index contributed by atoms with van der Waals surface area (Å²) in [5.74, 6) is -0.619. The van der Waals surface area contributed by atoms with Gasteiger partial charge in [-0.2, -0.15) is 0 Å². The summed E-state index contributed by atoms with van der Waals surface area (Å²) in [7, 11) is 1.92. The Morgan fingerprint density at radius 1 is 1.14 bits per heavy atom. The molecule has 0 amide bonds. The van der Waals surface area contributed by atoms with E-state index >= 15 is 0 Å². The van der Waals surface area contributed by atoms with Gasteiger partial charge in [0.2, 0.25) is 0 Å². The molecule has 2 saturated heterocycles. The molecule has 22 heavy (non-hydrogen) atoms. The third kappa shape index (κ3) is 3.19. The van der Waals surface area contributed by atoms with Crippen LogP contribution in [0, 0.1) is 0 Å². The Balaban J connectivity index is 1.71. The number of likely N-dealkylation sites (N-methyl/N-ethyl adjacent to an activating group) is 1. The van der Waals surface area contributed by atoms with E-state index in [1.54, 1.807) is 0 Å². The zero-order chi connectivity index (χ0) is 15.7. The highest BCUT2D eigenvalue weighted by Crippen LogP contribution is 2.37. The molecule has 5 heteroatoms. The topological polar surface area (TPSA) is 49.0 Å². The summed E-state index contributed by atoms with van der Waals surface area (Å²) >= 11 is 0. The van der Waals surface area contributed by atoms with E-state index in [1.807, 2.05) is 58.2 Å². The van der Waals surface area contributed by atoms with Crippen LogP contribution in [0.15, 0.2) is 30.3 Å². The average Bonchev–Trinajstić information content (AvgIpc) is 2.81. The normalized spacial score (nSPS) is 37.0. The highest BCUT2D eigenvalue weighted by atomic mass is 16.8. The third-order valence-electron chi connectivity index (χ3n) is 4.23. The van der Waals surface area contributed by atoms with Crippen LogP contribution in [0.2, 0.25) is 0 Å². The number of benzene rings is 1. The molecule has 0 radical (unpaired) electrons. The van der Waals surface area contributed by atoms with E-state index in [1.165, 1.54) is 0 Å². The van der Waals surface area contributed by atoms with Crippen LogP contribution in [0.5, 0.6) is 0 Å². The Hall–Kier alpha value is -0.980. The van der Waals surface area contributed by atoms with Gasteiger partial charge >= 0.3 is 0 Å². The first-order chi connectivity index (χ1) is 10.5. The number of fused-ring (bicyclic) bond motifs is 1. The van der Waals surface area contributed by atoms with E-state index in [2.05, 4.69) is 5.32 Å². The van der Waals surface area contributed by atoms with E-state index in [0.717, 1.165) is 5.56 Å². The second-order valence-corrected chi connectivity index (χ2v) is 6.39. The minimum atomic E-state index is -0.619. The predicted molar refractivity (Wildman–Crippen MR) is 82.2 cm³/mol. The van der Waals surface area contributed by atoms with Crippen LogP contribution < -0.4 is 5.32 Å². The van der Waals surface area contributed by atoms with Crippen LogP contribution in [0.3, 0.4) is 0 Å². The van der Waals surface area contributed by atoms with Gasteiger partial charge in [0, 0.05) is 0 Å². The Morgan fingerprint density at radius 3 is 2.50 bits per heavy atom. The van der Waals surface area contributed by atoms with Crippen LogP contribution in [-0.4, -0.2) is 43.5 Å². The summed E-state index contributed by atoms with van der Waals surface area (Å²) in [6.45, 7) is 6.38. The maximum atomic E-state index is 6.06. The summed E-state index contributed by atoms with van der Waals surface area (Å²) in [5, 5.41) is 3.27. The highest BCUT2D eigenvalue weighted by molar-refractivity contribution is 5.13. The van der Waals surface area contributed by atoms with E-state index in [0.29, 0.717) is 6.61 Å². The molecule has 5 nitrogen and oxygen atoms in total. The zero-order valence-electron chi connectivity index (χ0n) is 13.6. The molecule has 0 bridgehead atoms. The largest absolute Gasteiger partial charge is 0.345 e. The number of ether oxygens (including phenoxy) is 4. The van der Waals surface area contributed by atoms with Gasteiger partial charge < -0.3 is 24.3 Å². The molecule has 0 spiro atoms. The summed E-state index contributed by atoms with van der Waals surface area (Å²) in [5.41, 5.74) is 1.12. The number of nitrogens with one attached hydrogen (secondary N) is 1. The molecule has 5 atom stereocenters. The quantitative estimate of drug-likeness (QED) is 0.922. The lowest BCUT2D eigenvalue weighted by molar-refractivity contribution is -0.258. The van der Waals surface area contributed by atoms with Gasteiger partial charge in [-0.1, -0.05) is 30.3 Å². The van der Waals surface area contributed by atoms with Crippen LogP contribution in [0.1, 0.15) is 26.3 Å². The van der Waals surface area contributed by atoms with Gasteiger partial charge in [-0.25, -0.2) is 0 Å². The van der Waals surface area contributed by atoms with Crippen molar-refractivity contribution in [1.82, 2.24) is 5.32 Å². The summed E-state index contributed by atoms with van der Waals surface area (Å²) in [6.07, 6.45) is -0.743. The molecule has 2 heterocycles. The average molecular weight is 307 g/mol. The lowest BCUT2D eigenvalue weighted by Crippen LogP contribution is -2.60. The molecule has 2 aliphatic heterocycles. The van der Waals surface area contributed by atoms with Gasteiger partial charge in [0.25, 0.3) is 0 Å².